The summed E-state index contributed by atoms with van der Waals surface area (Å²) < 4.78 is 32.6. The summed E-state index contributed by atoms with van der Waals surface area (Å²) in [4.78, 5) is 24.0. The number of carbonyl (C=O) groups is 1. The number of thioether (sulfide) groups is 1. The highest BCUT2D eigenvalue weighted by molar-refractivity contribution is 7.98. The maximum Gasteiger partial charge on any atom is 0.258 e. The van der Waals surface area contributed by atoms with Crippen molar-refractivity contribution in [1.29, 1.82) is 0 Å². The summed E-state index contributed by atoms with van der Waals surface area (Å²) in [5, 5.41) is 0.917. The molecule has 8 nitrogen and oxygen atoms in total. The van der Waals surface area contributed by atoms with E-state index in [2.05, 4.69) is 9.97 Å². The second-order valence-electron chi connectivity index (χ2n) is 7.15. The average molecular weight is 493 g/mol. The number of hydrogen-bond acceptors (Lipinski definition) is 7. The molecule has 4 rings (SSSR count). The van der Waals surface area contributed by atoms with Gasteiger partial charge in [0.2, 0.25) is 10.0 Å². The third kappa shape index (κ3) is 4.40. The van der Waals surface area contributed by atoms with Gasteiger partial charge in [0.25, 0.3) is 5.91 Å². The number of aromatic nitrogens is 2. The van der Waals surface area contributed by atoms with Gasteiger partial charge in [0.1, 0.15) is 5.03 Å². The van der Waals surface area contributed by atoms with Crippen LogP contribution in [0.5, 0.6) is 0 Å². The molecule has 0 saturated carbocycles. The smallest absolute Gasteiger partial charge is 0.258 e. The zero-order chi connectivity index (χ0) is 22.9. The molecule has 1 fully saturated rings. The van der Waals surface area contributed by atoms with E-state index in [1.807, 2.05) is 6.26 Å². The first-order chi connectivity index (χ1) is 15.3. The molecule has 1 saturated heterocycles. The van der Waals surface area contributed by atoms with E-state index in [-0.39, 0.29) is 37.0 Å². The number of rotatable bonds is 5. The van der Waals surface area contributed by atoms with Crippen molar-refractivity contribution in [3.63, 3.8) is 0 Å². The van der Waals surface area contributed by atoms with Crippen LogP contribution in [-0.2, 0) is 10.0 Å². The Morgan fingerprint density at radius 3 is 2.50 bits per heavy atom. The first kappa shape index (κ1) is 22.8. The molecule has 32 heavy (non-hydrogen) atoms. The number of sulfonamides is 1. The number of benzene rings is 1. The Labute approximate surface area is 195 Å². The lowest BCUT2D eigenvalue weighted by Gasteiger charge is -2.34. The number of carbonyl (C=O) groups excluding carboxylic acids is 1. The molecule has 168 valence electrons. The van der Waals surface area contributed by atoms with E-state index >= 15 is 0 Å². The Kier molecular flexibility index (Phi) is 6.57. The van der Waals surface area contributed by atoms with E-state index in [0.29, 0.717) is 32.9 Å². The number of halogens is 1. The number of nitrogens with zero attached hydrogens (tertiary/aromatic N) is 4. The van der Waals surface area contributed by atoms with Crippen LogP contribution in [0.4, 0.5) is 0 Å². The van der Waals surface area contributed by atoms with Crippen LogP contribution >= 0.6 is 23.4 Å². The molecule has 1 aliphatic rings. The number of hydrogen-bond donors (Lipinski definition) is 0. The Morgan fingerprint density at radius 2 is 1.88 bits per heavy atom. The molecule has 3 aromatic rings. The van der Waals surface area contributed by atoms with Gasteiger partial charge in [0, 0.05) is 31.2 Å². The van der Waals surface area contributed by atoms with E-state index in [1.165, 1.54) is 28.2 Å². The van der Waals surface area contributed by atoms with Crippen molar-refractivity contribution in [3.05, 3.63) is 58.9 Å². The lowest BCUT2D eigenvalue weighted by molar-refractivity contribution is 0.0692. The summed E-state index contributed by atoms with van der Waals surface area (Å²) in [7, 11) is -3.68. The van der Waals surface area contributed by atoms with Crippen molar-refractivity contribution in [1.82, 2.24) is 19.2 Å². The molecule has 0 N–H and O–H groups in total. The molecule has 3 heterocycles. The average Bonchev–Trinajstić information content (AvgIpc) is 3.33. The predicted octanol–water partition coefficient (Wildman–Crippen LogP) is 3.57. The van der Waals surface area contributed by atoms with Crippen LogP contribution in [0.2, 0.25) is 5.02 Å². The Morgan fingerprint density at radius 1 is 1.12 bits per heavy atom. The van der Waals surface area contributed by atoms with Gasteiger partial charge in [-0.1, -0.05) is 17.7 Å². The third-order valence-electron chi connectivity index (χ3n) is 5.17. The maximum atomic E-state index is 13.3. The van der Waals surface area contributed by atoms with Gasteiger partial charge >= 0.3 is 0 Å². The molecular weight excluding hydrogens is 472 g/mol. The largest absolute Gasteiger partial charge is 0.461 e. The lowest BCUT2D eigenvalue weighted by atomic mass is 10.2. The zero-order valence-electron chi connectivity index (χ0n) is 17.5. The standard InChI is InChI=1S/C21H21ClN4O4S2/c1-14-18(20(31-2)24-19(23-14)17-7-4-12-30-17)21(27)25-8-10-26(11-9-25)32(28,29)16-6-3-5-15(22)13-16/h3-7,12-13H,8-11H2,1-2H3. The molecule has 11 heteroatoms. The van der Waals surface area contributed by atoms with Gasteiger partial charge in [-0.15, -0.1) is 11.8 Å². The predicted molar refractivity (Wildman–Crippen MR) is 122 cm³/mol. The summed E-state index contributed by atoms with van der Waals surface area (Å²) in [6.45, 7) is 2.69. The van der Waals surface area contributed by atoms with Gasteiger partial charge in [-0.3, -0.25) is 4.79 Å². The fourth-order valence-corrected chi connectivity index (χ4v) is 5.86. The molecule has 1 amide bonds. The van der Waals surface area contributed by atoms with Crippen LogP contribution in [0.1, 0.15) is 16.1 Å². The van der Waals surface area contributed by atoms with E-state index in [0.717, 1.165) is 0 Å². The highest BCUT2D eigenvalue weighted by Crippen LogP contribution is 2.27. The SMILES string of the molecule is CSc1nc(-c2ccco2)nc(C)c1C(=O)N1CCN(S(=O)(=O)c2cccc(Cl)c2)CC1. The van der Waals surface area contributed by atoms with Crippen molar-refractivity contribution >= 4 is 39.3 Å². The summed E-state index contributed by atoms with van der Waals surface area (Å²) in [6, 6.07) is 9.70. The van der Waals surface area contributed by atoms with Crippen LogP contribution in [0.25, 0.3) is 11.6 Å². The molecule has 0 atom stereocenters. The Bertz CT molecular complexity index is 1240. The van der Waals surface area contributed by atoms with Crippen LogP contribution in [0.3, 0.4) is 0 Å². The highest BCUT2D eigenvalue weighted by atomic mass is 35.5. The zero-order valence-corrected chi connectivity index (χ0v) is 19.9. The van der Waals surface area contributed by atoms with Gasteiger partial charge < -0.3 is 9.32 Å². The quantitative estimate of drug-likeness (QED) is 0.396. The fourth-order valence-electron chi connectivity index (χ4n) is 3.52. The molecule has 0 unspecified atom stereocenters. The number of amides is 1. The molecule has 0 bridgehead atoms. The van der Waals surface area contributed by atoms with E-state index in [1.54, 1.807) is 42.4 Å². The molecule has 1 aliphatic heterocycles. The Hall–Kier alpha value is -2.40. The topological polar surface area (TPSA) is 96.6 Å². The third-order valence-corrected chi connectivity index (χ3v) is 7.98. The number of aryl methyl sites for hydroxylation is 1. The van der Waals surface area contributed by atoms with Crippen molar-refractivity contribution in [2.45, 2.75) is 16.8 Å². The summed E-state index contributed by atoms with van der Waals surface area (Å²) in [5.74, 6) is 0.741. The van der Waals surface area contributed by atoms with Crippen LogP contribution in [0.15, 0.2) is 57.0 Å². The molecule has 0 spiro atoms. The van der Waals surface area contributed by atoms with Crippen molar-refractivity contribution in [3.8, 4) is 11.6 Å². The van der Waals surface area contributed by atoms with Gasteiger partial charge in [-0.2, -0.15) is 4.31 Å². The van der Waals surface area contributed by atoms with Crippen LogP contribution in [0, 0.1) is 6.92 Å². The number of piperazine rings is 1. The summed E-state index contributed by atoms with van der Waals surface area (Å²) in [5.41, 5.74) is 0.980. The minimum Gasteiger partial charge on any atom is -0.461 e. The molecule has 1 aromatic carbocycles. The summed E-state index contributed by atoms with van der Waals surface area (Å²) >= 11 is 7.31. The summed E-state index contributed by atoms with van der Waals surface area (Å²) in [6.07, 6.45) is 3.39. The lowest BCUT2D eigenvalue weighted by Crippen LogP contribution is -2.50. The van der Waals surface area contributed by atoms with Crippen LogP contribution < -0.4 is 0 Å². The molecule has 0 radical (unpaired) electrons. The highest BCUT2D eigenvalue weighted by Gasteiger charge is 2.32. The van der Waals surface area contributed by atoms with Crippen molar-refractivity contribution in [2.75, 3.05) is 32.4 Å². The minimum atomic E-state index is -3.68. The molecule has 2 aromatic heterocycles. The monoisotopic (exact) mass is 492 g/mol. The van der Waals surface area contributed by atoms with Gasteiger partial charge in [0.15, 0.2) is 11.6 Å². The first-order valence-corrected chi connectivity index (χ1v) is 12.9. The Balaban J connectivity index is 1.52. The molecule has 0 aliphatic carbocycles. The minimum absolute atomic E-state index is 0.146. The fraction of sp³-hybridized carbons (Fsp3) is 0.286. The van der Waals surface area contributed by atoms with Gasteiger partial charge in [-0.05, 0) is 43.5 Å². The van der Waals surface area contributed by atoms with Crippen molar-refractivity contribution < 1.29 is 17.6 Å². The second-order valence-corrected chi connectivity index (χ2v) is 10.3. The first-order valence-electron chi connectivity index (χ1n) is 9.82. The second kappa shape index (κ2) is 9.22. The maximum absolute atomic E-state index is 13.3. The number of furan rings is 1. The van der Waals surface area contributed by atoms with Crippen molar-refractivity contribution in [2.24, 2.45) is 0 Å². The molecular formula is C21H21ClN4O4S2. The van der Waals surface area contributed by atoms with Gasteiger partial charge in [0.05, 0.1) is 22.4 Å². The van der Waals surface area contributed by atoms with Gasteiger partial charge in [-0.25, -0.2) is 18.4 Å². The van der Waals surface area contributed by atoms with E-state index in [4.69, 9.17) is 16.0 Å². The van der Waals surface area contributed by atoms with Crippen LogP contribution in [-0.4, -0.2) is 65.9 Å². The van der Waals surface area contributed by atoms with E-state index < -0.39 is 10.0 Å². The normalized spacial score (nSPS) is 15.2. The van der Waals surface area contributed by atoms with E-state index in [9.17, 15) is 13.2 Å².